The molecule has 18 heavy (non-hydrogen) atoms. The number of nitrogen functional groups attached to an aromatic ring is 1. The fourth-order valence-electron chi connectivity index (χ4n) is 1.91. The van der Waals surface area contributed by atoms with Gasteiger partial charge < -0.3 is 10.6 Å². The van der Waals surface area contributed by atoms with E-state index >= 15 is 0 Å². The van der Waals surface area contributed by atoms with Crippen LogP contribution in [0.15, 0.2) is 47.4 Å². The highest BCUT2D eigenvalue weighted by Gasteiger charge is 2.04. The van der Waals surface area contributed by atoms with Crippen LogP contribution in [-0.2, 0) is 6.42 Å². The molecule has 0 fully saturated rings. The molecular weight excluding hydrogens is 240 g/mol. The molecule has 0 atom stereocenters. The number of anilines is 2. The number of hydrogen-bond acceptors (Lipinski definition) is 3. The molecule has 0 heterocycles. The average molecular weight is 258 g/mol. The van der Waals surface area contributed by atoms with Crippen LogP contribution in [0.2, 0.25) is 0 Å². The number of nitrogens with zero attached hydrogens (tertiary/aromatic N) is 1. The molecule has 2 rings (SSSR count). The Hall–Kier alpha value is -1.61. The van der Waals surface area contributed by atoms with Crippen molar-refractivity contribution in [2.45, 2.75) is 11.3 Å². The summed E-state index contributed by atoms with van der Waals surface area (Å²) in [6.45, 7) is 0. The predicted octanol–water partition coefficient (Wildman–Crippen LogP) is 3.21. The summed E-state index contributed by atoms with van der Waals surface area (Å²) in [5.41, 5.74) is 10.2. The molecule has 0 aromatic heterocycles. The van der Waals surface area contributed by atoms with Gasteiger partial charge in [0.1, 0.15) is 0 Å². The zero-order valence-electron chi connectivity index (χ0n) is 10.7. The highest BCUT2D eigenvalue weighted by atomic mass is 32.1. The molecule has 2 N–H and O–H groups in total. The molecule has 0 spiro atoms. The number of hydrogen-bond donors (Lipinski definition) is 2. The van der Waals surface area contributed by atoms with Crippen molar-refractivity contribution in [1.29, 1.82) is 0 Å². The van der Waals surface area contributed by atoms with E-state index in [-0.39, 0.29) is 0 Å². The monoisotopic (exact) mass is 258 g/mol. The lowest BCUT2D eigenvalue weighted by Gasteiger charge is -2.15. The molecular formula is C15H18N2S. The van der Waals surface area contributed by atoms with Crippen LogP contribution in [0.3, 0.4) is 0 Å². The van der Waals surface area contributed by atoms with Crippen LogP contribution in [0.5, 0.6) is 0 Å². The first-order chi connectivity index (χ1) is 8.56. The third-order valence-electron chi connectivity index (χ3n) is 2.93. The van der Waals surface area contributed by atoms with Crippen LogP contribution in [0, 0.1) is 0 Å². The summed E-state index contributed by atoms with van der Waals surface area (Å²) >= 11 is 4.52. The summed E-state index contributed by atoms with van der Waals surface area (Å²) in [6, 6.07) is 14.3. The second-order valence-electron chi connectivity index (χ2n) is 4.63. The van der Waals surface area contributed by atoms with Gasteiger partial charge in [-0.3, -0.25) is 0 Å². The van der Waals surface area contributed by atoms with Gasteiger partial charge in [-0.25, -0.2) is 0 Å². The minimum absolute atomic E-state index is 0.803. The summed E-state index contributed by atoms with van der Waals surface area (Å²) in [5, 5.41) is 0. The first kappa shape index (κ1) is 12.8. The van der Waals surface area contributed by atoms with Crippen molar-refractivity contribution < 1.29 is 0 Å². The first-order valence-corrected chi connectivity index (χ1v) is 6.34. The molecule has 0 aliphatic rings. The number of thiol groups is 1. The minimum Gasteiger partial charge on any atom is -0.399 e. The Morgan fingerprint density at radius 3 is 2.56 bits per heavy atom. The summed E-state index contributed by atoms with van der Waals surface area (Å²) in [5.74, 6) is 0. The molecule has 0 aliphatic carbocycles. The van der Waals surface area contributed by atoms with E-state index in [9.17, 15) is 0 Å². The van der Waals surface area contributed by atoms with Gasteiger partial charge in [-0.1, -0.05) is 12.1 Å². The average Bonchev–Trinajstić information content (AvgIpc) is 2.31. The molecule has 2 nitrogen and oxygen atoms in total. The van der Waals surface area contributed by atoms with Gasteiger partial charge in [0.15, 0.2) is 0 Å². The highest BCUT2D eigenvalue weighted by molar-refractivity contribution is 7.80. The van der Waals surface area contributed by atoms with Crippen LogP contribution in [0.4, 0.5) is 11.4 Å². The van der Waals surface area contributed by atoms with Gasteiger partial charge in [0.25, 0.3) is 0 Å². The Bertz CT molecular complexity index is 550. The summed E-state index contributed by atoms with van der Waals surface area (Å²) in [7, 11) is 4.08. The van der Waals surface area contributed by atoms with Crippen LogP contribution in [0.1, 0.15) is 11.1 Å². The molecule has 0 saturated carbocycles. The van der Waals surface area contributed by atoms with Crippen LogP contribution < -0.4 is 10.6 Å². The van der Waals surface area contributed by atoms with Crippen molar-refractivity contribution in [1.82, 2.24) is 0 Å². The van der Waals surface area contributed by atoms with Gasteiger partial charge in [0.05, 0.1) is 0 Å². The topological polar surface area (TPSA) is 29.3 Å². The fraction of sp³-hybridized carbons (Fsp3) is 0.200. The van der Waals surface area contributed by atoms with Crippen LogP contribution in [0.25, 0.3) is 0 Å². The number of rotatable bonds is 3. The molecule has 0 aliphatic heterocycles. The number of benzene rings is 2. The molecule has 2 aromatic rings. The molecule has 0 radical (unpaired) electrons. The molecule has 2 aromatic carbocycles. The SMILES string of the molecule is CN(C)c1ccc(S)c(Cc2cccc(N)c2)c1. The second kappa shape index (κ2) is 5.36. The molecule has 3 heteroatoms. The molecule has 0 bridgehead atoms. The second-order valence-corrected chi connectivity index (χ2v) is 5.11. The zero-order chi connectivity index (χ0) is 13.1. The fourth-order valence-corrected chi connectivity index (χ4v) is 2.13. The van der Waals surface area contributed by atoms with Crippen molar-refractivity contribution in [3.8, 4) is 0 Å². The lowest BCUT2D eigenvalue weighted by Crippen LogP contribution is -2.09. The van der Waals surface area contributed by atoms with E-state index in [2.05, 4.69) is 35.7 Å². The highest BCUT2D eigenvalue weighted by Crippen LogP contribution is 2.23. The molecule has 0 amide bonds. The molecule has 94 valence electrons. The van der Waals surface area contributed by atoms with Gasteiger partial charge in [-0.2, -0.15) is 0 Å². The Morgan fingerprint density at radius 1 is 1.11 bits per heavy atom. The van der Waals surface area contributed by atoms with Crippen LogP contribution >= 0.6 is 12.6 Å². The van der Waals surface area contributed by atoms with E-state index in [1.165, 1.54) is 16.8 Å². The Kier molecular flexibility index (Phi) is 3.82. The normalized spacial score (nSPS) is 10.4. The Morgan fingerprint density at radius 2 is 1.89 bits per heavy atom. The van der Waals surface area contributed by atoms with Gasteiger partial charge in [0, 0.05) is 30.4 Å². The van der Waals surface area contributed by atoms with Crippen molar-refractivity contribution in [3.05, 3.63) is 53.6 Å². The van der Waals surface area contributed by atoms with Gasteiger partial charge in [-0.05, 0) is 47.9 Å². The largest absolute Gasteiger partial charge is 0.399 e. The molecule has 0 saturated heterocycles. The zero-order valence-corrected chi connectivity index (χ0v) is 11.6. The maximum atomic E-state index is 5.80. The van der Waals surface area contributed by atoms with Crippen molar-refractivity contribution in [2.24, 2.45) is 0 Å². The summed E-state index contributed by atoms with van der Waals surface area (Å²) in [6.07, 6.45) is 0.853. The maximum absolute atomic E-state index is 5.80. The standard InChI is InChI=1S/C15H18N2S/c1-17(2)14-6-7-15(18)12(10-14)8-11-4-3-5-13(16)9-11/h3-7,9-10,18H,8,16H2,1-2H3. The smallest absolute Gasteiger partial charge is 0.0364 e. The Labute approximate surface area is 114 Å². The van der Waals surface area contributed by atoms with Crippen molar-refractivity contribution in [3.63, 3.8) is 0 Å². The lowest BCUT2D eigenvalue weighted by atomic mass is 10.0. The quantitative estimate of drug-likeness (QED) is 0.654. The van der Waals surface area contributed by atoms with E-state index in [0.29, 0.717) is 0 Å². The van der Waals surface area contributed by atoms with Crippen molar-refractivity contribution >= 4 is 24.0 Å². The van der Waals surface area contributed by atoms with Gasteiger partial charge in [-0.15, -0.1) is 12.6 Å². The van der Waals surface area contributed by atoms with Gasteiger partial charge in [0.2, 0.25) is 0 Å². The van der Waals surface area contributed by atoms with Crippen LogP contribution in [-0.4, -0.2) is 14.1 Å². The van der Waals surface area contributed by atoms with Gasteiger partial charge >= 0.3 is 0 Å². The summed E-state index contributed by atoms with van der Waals surface area (Å²) in [4.78, 5) is 3.11. The Balaban J connectivity index is 2.30. The third kappa shape index (κ3) is 2.99. The predicted molar refractivity (Wildman–Crippen MR) is 81.7 cm³/mol. The first-order valence-electron chi connectivity index (χ1n) is 5.90. The third-order valence-corrected chi connectivity index (χ3v) is 3.36. The lowest BCUT2D eigenvalue weighted by molar-refractivity contribution is 1.08. The van der Waals surface area contributed by atoms with E-state index < -0.39 is 0 Å². The van der Waals surface area contributed by atoms with E-state index in [0.717, 1.165) is 17.0 Å². The summed E-state index contributed by atoms with van der Waals surface area (Å²) < 4.78 is 0. The molecule has 0 unspecified atom stereocenters. The minimum atomic E-state index is 0.803. The number of nitrogens with two attached hydrogens (primary N) is 1. The van der Waals surface area contributed by atoms with E-state index in [1.54, 1.807) is 0 Å². The van der Waals surface area contributed by atoms with Crippen molar-refractivity contribution in [2.75, 3.05) is 24.7 Å². The van der Waals surface area contributed by atoms with E-state index in [4.69, 9.17) is 5.73 Å². The van der Waals surface area contributed by atoms with E-state index in [1.807, 2.05) is 38.4 Å². The maximum Gasteiger partial charge on any atom is 0.0364 e.